The Hall–Kier alpha value is -2.25. The number of esters is 1. The summed E-state index contributed by atoms with van der Waals surface area (Å²) in [6.07, 6.45) is 3.04. The Morgan fingerprint density at radius 3 is 3.00 bits per heavy atom. The SMILES string of the molecule is COC(=O)CCCNC(=O)N1CCc2[nH]cnc2C1c1cccc(Cl)c1Cl. The molecule has 3 rings (SSSR count). The van der Waals surface area contributed by atoms with Crippen LogP contribution < -0.4 is 5.32 Å². The van der Waals surface area contributed by atoms with Crippen LogP contribution in [0.1, 0.15) is 35.8 Å². The molecule has 7 nitrogen and oxygen atoms in total. The standard InChI is InChI=1S/C18H20Cl2N4O3/c1-27-14(25)6-3-8-21-18(26)24-9-7-13-16(23-10-22-13)17(24)11-4-2-5-12(19)15(11)20/h2,4-5,10,17H,3,6-9H2,1H3,(H,21,26)(H,22,23). The summed E-state index contributed by atoms with van der Waals surface area (Å²) in [6.45, 7) is 0.874. The van der Waals surface area contributed by atoms with Gasteiger partial charge in [-0.2, -0.15) is 0 Å². The van der Waals surface area contributed by atoms with Gasteiger partial charge in [0.25, 0.3) is 0 Å². The number of hydrogen-bond acceptors (Lipinski definition) is 4. The molecule has 2 N–H and O–H groups in total. The number of aromatic nitrogens is 2. The van der Waals surface area contributed by atoms with Gasteiger partial charge in [0.15, 0.2) is 0 Å². The number of H-pyrrole nitrogens is 1. The minimum atomic E-state index is -0.438. The van der Waals surface area contributed by atoms with Gasteiger partial charge in [-0.15, -0.1) is 0 Å². The molecule has 0 spiro atoms. The number of fused-ring (bicyclic) bond motifs is 1. The van der Waals surface area contributed by atoms with Crippen LogP contribution in [0.5, 0.6) is 0 Å². The first-order valence-electron chi connectivity index (χ1n) is 8.60. The molecule has 27 heavy (non-hydrogen) atoms. The maximum absolute atomic E-state index is 12.8. The van der Waals surface area contributed by atoms with Crippen molar-refractivity contribution in [2.75, 3.05) is 20.2 Å². The number of carbonyl (C=O) groups is 2. The van der Waals surface area contributed by atoms with Crippen LogP contribution in [-0.4, -0.2) is 47.1 Å². The van der Waals surface area contributed by atoms with Crippen LogP contribution in [0, 0.1) is 0 Å². The van der Waals surface area contributed by atoms with Crippen molar-refractivity contribution in [3.8, 4) is 0 Å². The van der Waals surface area contributed by atoms with Crippen LogP contribution in [-0.2, 0) is 16.0 Å². The first-order chi connectivity index (χ1) is 13.0. The second-order valence-corrected chi connectivity index (χ2v) is 6.95. The summed E-state index contributed by atoms with van der Waals surface area (Å²) in [7, 11) is 1.34. The van der Waals surface area contributed by atoms with E-state index in [9.17, 15) is 9.59 Å². The van der Waals surface area contributed by atoms with Gasteiger partial charge < -0.3 is 19.9 Å². The van der Waals surface area contributed by atoms with Gasteiger partial charge in [-0.1, -0.05) is 35.3 Å². The van der Waals surface area contributed by atoms with Crippen LogP contribution in [0.3, 0.4) is 0 Å². The summed E-state index contributed by atoms with van der Waals surface area (Å²) < 4.78 is 4.60. The first kappa shape index (κ1) is 19.5. The van der Waals surface area contributed by atoms with Gasteiger partial charge in [-0.25, -0.2) is 9.78 Å². The van der Waals surface area contributed by atoms with Gasteiger partial charge in [0, 0.05) is 37.2 Å². The molecule has 0 saturated carbocycles. The van der Waals surface area contributed by atoms with Gasteiger partial charge in [-0.3, -0.25) is 4.79 Å². The number of methoxy groups -OCH3 is 1. The maximum Gasteiger partial charge on any atom is 0.318 e. The molecule has 9 heteroatoms. The largest absolute Gasteiger partial charge is 0.469 e. The predicted molar refractivity (Wildman–Crippen MR) is 102 cm³/mol. The molecule has 0 bridgehead atoms. The molecule has 1 aromatic heterocycles. The highest BCUT2D eigenvalue weighted by Gasteiger charge is 2.35. The fraction of sp³-hybridized carbons (Fsp3) is 0.389. The minimum absolute atomic E-state index is 0.241. The number of aromatic amines is 1. The lowest BCUT2D eigenvalue weighted by Crippen LogP contribution is -2.46. The van der Waals surface area contributed by atoms with E-state index in [-0.39, 0.29) is 18.4 Å². The zero-order valence-electron chi connectivity index (χ0n) is 14.8. The van der Waals surface area contributed by atoms with Gasteiger partial charge >= 0.3 is 12.0 Å². The van der Waals surface area contributed by atoms with Crippen LogP contribution in [0.15, 0.2) is 24.5 Å². The topological polar surface area (TPSA) is 87.3 Å². The average molecular weight is 411 g/mol. The summed E-state index contributed by atoms with van der Waals surface area (Å²) in [5.41, 5.74) is 2.46. The van der Waals surface area contributed by atoms with Crippen molar-refractivity contribution >= 4 is 35.2 Å². The van der Waals surface area contributed by atoms with Crippen molar-refractivity contribution in [1.29, 1.82) is 0 Å². The molecule has 1 atom stereocenters. The summed E-state index contributed by atoms with van der Waals surface area (Å²) >= 11 is 12.6. The summed E-state index contributed by atoms with van der Waals surface area (Å²) in [5, 5.41) is 3.69. The Bertz CT molecular complexity index is 840. The van der Waals surface area contributed by atoms with Crippen molar-refractivity contribution in [3.05, 3.63) is 51.5 Å². The molecule has 1 unspecified atom stereocenters. The lowest BCUT2D eigenvalue weighted by Gasteiger charge is -2.35. The van der Waals surface area contributed by atoms with E-state index in [1.807, 2.05) is 6.07 Å². The third kappa shape index (κ3) is 4.20. The molecular formula is C18H20Cl2N4O3. The molecule has 1 aromatic carbocycles. The van der Waals surface area contributed by atoms with Crippen molar-refractivity contribution in [2.45, 2.75) is 25.3 Å². The Morgan fingerprint density at radius 2 is 2.22 bits per heavy atom. The van der Waals surface area contributed by atoms with Gasteiger partial charge in [0.1, 0.15) is 6.04 Å². The molecule has 2 heterocycles. The fourth-order valence-corrected chi connectivity index (χ4v) is 3.58. The summed E-state index contributed by atoms with van der Waals surface area (Å²) in [6, 6.07) is 4.68. The number of halogens is 2. The Kier molecular flexibility index (Phi) is 6.23. The highest BCUT2D eigenvalue weighted by Crippen LogP contribution is 2.39. The molecule has 144 valence electrons. The minimum Gasteiger partial charge on any atom is -0.469 e. The van der Waals surface area contributed by atoms with E-state index in [4.69, 9.17) is 23.2 Å². The lowest BCUT2D eigenvalue weighted by molar-refractivity contribution is -0.140. The number of nitrogens with zero attached hydrogens (tertiary/aromatic N) is 2. The number of hydrogen-bond donors (Lipinski definition) is 2. The zero-order valence-corrected chi connectivity index (χ0v) is 16.3. The highest BCUT2D eigenvalue weighted by atomic mass is 35.5. The van der Waals surface area contributed by atoms with Crippen molar-refractivity contribution in [1.82, 2.24) is 20.2 Å². The molecule has 2 aromatic rings. The van der Waals surface area contributed by atoms with Crippen LogP contribution in [0.2, 0.25) is 10.0 Å². The van der Waals surface area contributed by atoms with E-state index in [2.05, 4.69) is 20.0 Å². The van der Waals surface area contributed by atoms with E-state index in [0.29, 0.717) is 36.0 Å². The number of ether oxygens (including phenoxy) is 1. The third-order valence-corrected chi connectivity index (χ3v) is 5.36. The normalized spacial score (nSPS) is 16.0. The smallest absolute Gasteiger partial charge is 0.318 e. The molecule has 2 amide bonds. The number of urea groups is 1. The molecule has 1 aliphatic rings. The molecule has 0 fully saturated rings. The van der Waals surface area contributed by atoms with E-state index in [1.54, 1.807) is 23.4 Å². The van der Waals surface area contributed by atoms with Gasteiger partial charge in [0.2, 0.25) is 0 Å². The van der Waals surface area contributed by atoms with E-state index < -0.39 is 6.04 Å². The van der Waals surface area contributed by atoms with E-state index >= 15 is 0 Å². The molecule has 0 radical (unpaired) electrons. The molecule has 0 aliphatic carbocycles. The molecule has 1 aliphatic heterocycles. The van der Waals surface area contributed by atoms with Gasteiger partial charge in [0.05, 0.1) is 29.2 Å². The summed E-state index contributed by atoms with van der Waals surface area (Å²) in [4.78, 5) is 33.2. The first-order valence-corrected chi connectivity index (χ1v) is 9.36. The van der Waals surface area contributed by atoms with Crippen LogP contribution in [0.4, 0.5) is 4.79 Å². The Labute approximate surface area is 167 Å². The third-order valence-electron chi connectivity index (χ3n) is 4.52. The average Bonchev–Trinajstić information content (AvgIpc) is 3.15. The predicted octanol–water partition coefficient (Wildman–Crippen LogP) is 3.33. The number of rotatable bonds is 5. The summed E-state index contributed by atoms with van der Waals surface area (Å²) in [5.74, 6) is -0.299. The zero-order chi connectivity index (χ0) is 19.4. The number of benzene rings is 1. The lowest BCUT2D eigenvalue weighted by atomic mass is 9.96. The van der Waals surface area contributed by atoms with Crippen molar-refractivity contribution in [2.24, 2.45) is 0 Å². The number of amides is 2. The number of imidazole rings is 1. The van der Waals surface area contributed by atoms with Gasteiger partial charge in [-0.05, 0) is 12.5 Å². The maximum atomic E-state index is 12.8. The Morgan fingerprint density at radius 1 is 1.41 bits per heavy atom. The van der Waals surface area contributed by atoms with Crippen LogP contribution in [0.25, 0.3) is 0 Å². The number of nitrogens with one attached hydrogen (secondary N) is 2. The second-order valence-electron chi connectivity index (χ2n) is 6.17. The van der Waals surface area contributed by atoms with Crippen LogP contribution >= 0.6 is 23.2 Å². The number of carbonyl (C=O) groups excluding carboxylic acids is 2. The Balaban J connectivity index is 1.80. The molecular weight excluding hydrogens is 391 g/mol. The van der Waals surface area contributed by atoms with E-state index in [0.717, 1.165) is 17.0 Å². The second kappa shape index (κ2) is 8.63. The molecule has 0 saturated heterocycles. The highest BCUT2D eigenvalue weighted by molar-refractivity contribution is 6.42. The fourth-order valence-electron chi connectivity index (χ4n) is 3.17. The van der Waals surface area contributed by atoms with Crippen molar-refractivity contribution in [3.63, 3.8) is 0 Å². The van der Waals surface area contributed by atoms with Crippen molar-refractivity contribution < 1.29 is 14.3 Å². The monoisotopic (exact) mass is 410 g/mol. The quantitative estimate of drug-likeness (QED) is 0.584. The van der Waals surface area contributed by atoms with E-state index in [1.165, 1.54) is 7.11 Å².